The fourth-order valence-electron chi connectivity index (χ4n) is 1.55. The van der Waals surface area contributed by atoms with Crippen LogP contribution in [0.5, 0.6) is 5.75 Å². The standard InChI is InChI=1S/C12H15BrN2O2S/c1-3-17-8-6-9(13)11-10(7-8)18-12(15-11)14-4-5-16-2/h6-7H,3-5H2,1-2H3,(H,14,15). The average molecular weight is 331 g/mol. The smallest absolute Gasteiger partial charge is 0.183 e. The van der Waals surface area contributed by atoms with Crippen LogP contribution >= 0.6 is 27.3 Å². The number of fused-ring (bicyclic) bond motifs is 1. The Bertz CT molecular complexity index is 530. The Balaban J connectivity index is 2.23. The highest BCUT2D eigenvalue weighted by Gasteiger charge is 2.09. The Hall–Kier alpha value is -0.850. The minimum Gasteiger partial charge on any atom is -0.494 e. The van der Waals surface area contributed by atoms with Crippen molar-refractivity contribution < 1.29 is 9.47 Å². The van der Waals surface area contributed by atoms with Gasteiger partial charge in [-0.2, -0.15) is 0 Å². The summed E-state index contributed by atoms with van der Waals surface area (Å²) in [5, 5.41) is 4.13. The summed E-state index contributed by atoms with van der Waals surface area (Å²) in [4.78, 5) is 4.53. The Kier molecular flexibility index (Phi) is 4.79. The van der Waals surface area contributed by atoms with Crippen LogP contribution in [0.25, 0.3) is 10.2 Å². The van der Waals surface area contributed by atoms with Gasteiger partial charge in [0.25, 0.3) is 0 Å². The summed E-state index contributed by atoms with van der Waals surface area (Å²) in [6.45, 7) is 4.06. The van der Waals surface area contributed by atoms with E-state index in [1.165, 1.54) is 0 Å². The zero-order chi connectivity index (χ0) is 13.0. The first-order chi connectivity index (χ1) is 8.74. The fourth-order valence-corrected chi connectivity index (χ4v) is 3.16. The van der Waals surface area contributed by atoms with Gasteiger partial charge in [0.2, 0.25) is 0 Å². The highest BCUT2D eigenvalue weighted by Crippen LogP contribution is 2.34. The summed E-state index contributed by atoms with van der Waals surface area (Å²) in [5.41, 5.74) is 0.961. The molecule has 0 spiro atoms. The number of hydrogen-bond donors (Lipinski definition) is 1. The molecular formula is C12H15BrN2O2S. The van der Waals surface area contributed by atoms with Gasteiger partial charge in [0, 0.05) is 18.1 Å². The number of rotatable bonds is 6. The lowest BCUT2D eigenvalue weighted by molar-refractivity contribution is 0.211. The molecule has 0 unspecified atom stereocenters. The van der Waals surface area contributed by atoms with Gasteiger partial charge in [-0.1, -0.05) is 11.3 Å². The molecule has 0 fully saturated rings. The lowest BCUT2D eigenvalue weighted by Crippen LogP contribution is -2.06. The molecule has 0 aliphatic carbocycles. The molecule has 0 amide bonds. The molecule has 6 heteroatoms. The van der Waals surface area contributed by atoms with E-state index in [1.54, 1.807) is 18.4 Å². The van der Waals surface area contributed by atoms with Crippen LogP contribution in [-0.2, 0) is 4.74 Å². The molecule has 0 saturated carbocycles. The third-order valence-electron chi connectivity index (χ3n) is 2.32. The van der Waals surface area contributed by atoms with Crippen molar-refractivity contribution in [1.82, 2.24) is 4.98 Å². The van der Waals surface area contributed by atoms with E-state index in [-0.39, 0.29) is 0 Å². The lowest BCUT2D eigenvalue weighted by Gasteiger charge is -2.02. The Morgan fingerprint density at radius 2 is 2.28 bits per heavy atom. The number of methoxy groups -OCH3 is 1. The minimum atomic E-state index is 0.662. The summed E-state index contributed by atoms with van der Waals surface area (Å²) in [7, 11) is 1.69. The molecule has 0 aliphatic rings. The van der Waals surface area contributed by atoms with Gasteiger partial charge < -0.3 is 14.8 Å². The van der Waals surface area contributed by atoms with Crippen molar-refractivity contribution in [2.75, 3.05) is 32.2 Å². The van der Waals surface area contributed by atoms with E-state index in [4.69, 9.17) is 9.47 Å². The number of anilines is 1. The number of benzene rings is 1. The van der Waals surface area contributed by atoms with Gasteiger partial charge in [-0.25, -0.2) is 4.98 Å². The van der Waals surface area contributed by atoms with E-state index in [0.717, 1.165) is 32.1 Å². The average Bonchev–Trinajstić information content (AvgIpc) is 2.73. The molecule has 1 N–H and O–H groups in total. The van der Waals surface area contributed by atoms with Gasteiger partial charge in [-0.3, -0.25) is 0 Å². The van der Waals surface area contributed by atoms with E-state index in [2.05, 4.69) is 26.2 Å². The number of ether oxygens (including phenoxy) is 2. The summed E-state index contributed by atoms with van der Waals surface area (Å²) >= 11 is 5.14. The third kappa shape index (κ3) is 3.13. The second-order valence-electron chi connectivity index (χ2n) is 3.62. The molecule has 0 aliphatic heterocycles. The van der Waals surface area contributed by atoms with Gasteiger partial charge in [-0.05, 0) is 35.0 Å². The third-order valence-corrected chi connectivity index (χ3v) is 3.88. The van der Waals surface area contributed by atoms with Crippen LogP contribution < -0.4 is 10.1 Å². The maximum absolute atomic E-state index is 5.51. The second kappa shape index (κ2) is 6.36. The quantitative estimate of drug-likeness (QED) is 0.823. The van der Waals surface area contributed by atoms with Gasteiger partial charge in [0.05, 0.1) is 23.4 Å². The minimum absolute atomic E-state index is 0.662. The molecule has 4 nitrogen and oxygen atoms in total. The molecule has 2 rings (SSSR count). The van der Waals surface area contributed by atoms with Crippen molar-refractivity contribution in [3.05, 3.63) is 16.6 Å². The van der Waals surface area contributed by atoms with Gasteiger partial charge in [0.1, 0.15) is 5.75 Å². The number of thiazole rings is 1. The molecule has 0 saturated heterocycles. The topological polar surface area (TPSA) is 43.4 Å². The van der Waals surface area contributed by atoms with E-state index < -0.39 is 0 Å². The van der Waals surface area contributed by atoms with Crippen LogP contribution in [0.15, 0.2) is 16.6 Å². The van der Waals surface area contributed by atoms with E-state index in [0.29, 0.717) is 13.2 Å². The summed E-state index contributed by atoms with van der Waals surface area (Å²) in [6.07, 6.45) is 0. The van der Waals surface area contributed by atoms with Crippen LogP contribution in [0.4, 0.5) is 5.13 Å². The van der Waals surface area contributed by atoms with Crippen molar-refractivity contribution in [1.29, 1.82) is 0 Å². The van der Waals surface area contributed by atoms with Crippen molar-refractivity contribution in [2.24, 2.45) is 0 Å². The Labute approximate surface area is 118 Å². The SMILES string of the molecule is CCOc1cc(Br)c2nc(NCCOC)sc2c1. The molecule has 0 radical (unpaired) electrons. The fraction of sp³-hybridized carbons (Fsp3) is 0.417. The Morgan fingerprint density at radius 1 is 1.44 bits per heavy atom. The molecule has 1 aromatic carbocycles. The number of halogens is 1. The molecule has 2 aromatic rings. The van der Waals surface area contributed by atoms with Crippen molar-refractivity contribution >= 4 is 42.6 Å². The first-order valence-electron chi connectivity index (χ1n) is 5.70. The molecular weight excluding hydrogens is 316 g/mol. The maximum Gasteiger partial charge on any atom is 0.183 e. The van der Waals surface area contributed by atoms with E-state index >= 15 is 0 Å². The summed E-state index contributed by atoms with van der Waals surface area (Å²) in [6, 6.07) is 3.97. The summed E-state index contributed by atoms with van der Waals surface area (Å²) in [5.74, 6) is 0.865. The molecule has 98 valence electrons. The van der Waals surface area contributed by atoms with Gasteiger partial charge in [-0.15, -0.1) is 0 Å². The van der Waals surface area contributed by atoms with Crippen LogP contribution in [0, 0.1) is 0 Å². The van der Waals surface area contributed by atoms with Crippen LogP contribution in [0.3, 0.4) is 0 Å². The molecule has 1 aromatic heterocycles. The van der Waals surface area contributed by atoms with Gasteiger partial charge >= 0.3 is 0 Å². The van der Waals surface area contributed by atoms with Crippen LogP contribution in [0.1, 0.15) is 6.92 Å². The number of nitrogens with zero attached hydrogens (tertiary/aromatic N) is 1. The molecule has 1 heterocycles. The first kappa shape index (κ1) is 13.6. The maximum atomic E-state index is 5.51. The molecule has 0 bridgehead atoms. The monoisotopic (exact) mass is 330 g/mol. The Morgan fingerprint density at radius 3 is 3.00 bits per heavy atom. The zero-order valence-corrected chi connectivity index (χ0v) is 12.7. The van der Waals surface area contributed by atoms with E-state index in [9.17, 15) is 0 Å². The van der Waals surface area contributed by atoms with Crippen LogP contribution in [0.2, 0.25) is 0 Å². The largest absolute Gasteiger partial charge is 0.494 e. The normalized spacial score (nSPS) is 10.8. The van der Waals surface area contributed by atoms with E-state index in [1.807, 2.05) is 19.1 Å². The molecule has 0 atom stereocenters. The highest BCUT2D eigenvalue weighted by molar-refractivity contribution is 9.10. The highest BCUT2D eigenvalue weighted by atomic mass is 79.9. The first-order valence-corrected chi connectivity index (χ1v) is 7.31. The predicted octanol–water partition coefficient (Wildman–Crippen LogP) is 3.52. The van der Waals surface area contributed by atoms with Crippen molar-refractivity contribution in [3.8, 4) is 5.75 Å². The van der Waals surface area contributed by atoms with Crippen molar-refractivity contribution in [3.63, 3.8) is 0 Å². The number of nitrogens with one attached hydrogen (secondary N) is 1. The number of aromatic nitrogens is 1. The zero-order valence-electron chi connectivity index (χ0n) is 10.3. The lowest BCUT2D eigenvalue weighted by atomic mass is 10.3. The molecule has 18 heavy (non-hydrogen) atoms. The van der Waals surface area contributed by atoms with Gasteiger partial charge in [0.15, 0.2) is 5.13 Å². The van der Waals surface area contributed by atoms with Crippen LogP contribution in [-0.4, -0.2) is 31.9 Å². The summed E-state index contributed by atoms with van der Waals surface area (Å²) < 4.78 is 12.6. The second-order valence-corrected chi connectivity index (χ2v) is 5.51. The predicted molar refractivity (Wildman–Crippen MR) is 78.9 cm³/mol. The number of hydrogen-bond acceptors (Lipinski definition) is 5. The van der Waals surface area contributed by atoms with Crippen molar-refractivity contribution in [2.45, 2.75) is 6.92 Å².